The van der Waals surface area contributed by atoms with Gasteiger partial charge in [-0.1, -0.05) is 6.92 Å². The predicted octanol–water partition coefficient (Wildman–Crippen LogP) is 1.32. The summed E-state index contributed by atoms with van der Waals surface area (Å²) in [4.78, 5) is 11.4. The van der Waals surface area contributed by atoms with E-state index in [1.165, 1.54) is 24.3 Å². The molecule has 1 aromatic rings. The molecule has 0 fully saturated rings. The summed E-state index contributed by atoms with van der Waals surface area (Å²) in [6.45, 7) is 4.30. The van der Waals surface area contributed by atoms with Crippen LogP contribution in [0.2, 0.25) is 0 Å². The molecule has 100 valence electrons. The van der Waals surface area contributed by atoms with Gasteiger partial charge in [0.25, 0.3) is 5.91 Å². The number of nitrogens with one attached hydrogen (secondary N) is 2. The number of hydrogen-bond acceptors (Lipinski definition) is 3. The summed E-state index contributed by atoms with van der Waals surface area (Å²) in [5.41, 5.74) is 0. The van der Waals surface area contributed by atoms with Crippen LogP contribution in [-0.2, 0) is 4.79 Å². The van der Waals surface area contributed by atoms with Crippen molar-refractivity contribution in [1.82, 2.24) is 10.6 Å². The minimum absolute atomic E-state index is 0.0561. The molecule has 2 N–H and O–H groups in total. The second-order valence-electron chi connectivity index (χ2n) is 3.84. The maximum Gasteiger partial charge on any atom is 0.257 e. The molecule has 0 aliphatic rings. The van der Waals surface area contributed by atoms with Crippen molar-refractivity contribution in [3.63, 3.8) is 0 Å². The molecule has 0 saturated carbocycles. The number of halogens is 1. The van der Waals surface area contributed by atoms with Gasteiger partial charge < -0.3 is 15.4 Å². The van der Waals surface area contributed by atoms with E-state index in [1.807, 2.05) is 0 Å². The molecule has 0 spiro atoms. The van der Waals surface area contributed by atoms with Crippen LogP contribution in [0.15, 0.2) is 24.3 Å². The van der Waals surface area contributed by atoms with Crippen molar-refractivity contribution in [1.29, 1.82) is 0 Å². The fourth-order valence-electron chi connectivity index (χ4n) is 1.32. The van der Waals surface area contributed by atoms with Gasteiger partial charge in [-0.25, -0.2) is 4.39 Å². The molecule has 0 atom stereocenters. The van der Waals surface area contributed by atoms with Crippen molar-refractivity contribution in [2.75, 3.05) is 26.2 Å². The zero-order chi connectivity index (χ0) is 13.2. The van der Waals surface area contributed by atoms with E-state index in [-0.39, 0.29) is 18.3 Å². The third-order valence-corrected chi connectivity index (χ3v) is 2.23. The highest BCUT2D eigenvalue weighted by Gasteiger charge is 2.01. The Morgan fingerprint density at radius 1 is 1.22 bits per heavy atom. The Balaban J connectivity index is 2.11. The first-order valence-corrected chi connectivity index (χ1v) is 6.08. The van der Waals surface area contributed by atoms with Crippen LogP contribution in [0.3, 0.4) is 0 Å². The van der Waals surface area contributed by atoms with Crippen LogP contribution in [0.25, 0.3) is 0 Å². The smallest absolute Gasteiger partial charge is 0.257 e. The van der Waals surface area contributed by atoms with Crippen molar-refractivity contribution in [3.8, 4) is 5.75 Å². The van der Waals surface area contributed by atoms with Gasteiger partial charge in [0, 0.05) is 13.1 Å². The number of rotatable bonds is 8. The van der Waals surface area contributed by atoms with Gasteiger partial charge in [0.05, 0.1) is 0 Å². The van der Waals surface area contributed by atoms with Crippen molar-refractivity contribution in [2.24, 2.45) is 0 Å². The van der Waals surface area contributed by atoms with Crippen molar-refractivity contribution in [2.45, 2.75) is 13.3 Å². The van der Waals surface area contributed by atoms with Crippen LogP contribution in [0.5, 0.6) is 5.75 Å². The summed E-state index contributed by atoms with van der Waals surface area (Å²) in [7, 11) is 0. The average Bonchev–Trinajstić information content (AvgIpc) is 2.38. The van der Waals surface area contributed by atoms with Crippen LogP contribution < -0.4 is 15.4 Å². The lowest BCUT2D eigenvalue weighted by atomic mass is 10.3. The Morgan fingerprint density at radius 3 is 2.61 bits per heavy atom. The van der Waals surface area contributed by atoms with E-state index >= 15 is 0 Å². The van der Waals surface area contributed by atoms with Crippen LogP contribution in [0.4, 0.5) is 4.39 Å². The second-order valence-corrected chi connectivity index (χ2v) is 3.84. The van der Waals surface area contributed by atoms with Gasteiger partial charge in [-0.05, 0) is 37.2 Å². The van der Waals surface area contributed by atoms with E-state index in [1.54, 1.807) is 0 Å². The van der Waals surface area contributed by atoms with Crippen molar-refractivity contribution in [3.05, 3.63) is 30.1 Å². The van der Waals surface area contributed by atoms with Crippen LogP contribution >= 0.6 is 0 Å². The average molecular weight is 254 g/mol. The maximum atomic E-state index is 12.6. The van der Waals surface area contributed by atoms with Crippen molar-refractivity contribution >= 4 is 5.91 Å². The Morgan fingerprint density at radius 2 is 1.94 bits per heavy atom. The minimum atomic E-state index is -0.325. The summed E-state index contributed by atoms with van der Waals surface area (Å²) in [5, 5.41) is 5.90. The topological polar surface area (TPSA) is 50.4 Å². The van der Waals surface area contributed by atoms with Crippen LogP contribution in [0.1, 0.15) is 13.3 Å². The normalized spacial score (nSPS) is 10.1. The number of hydrogen-bond donors (Lipinski definition) is 2. The number of carbonyl (C=O) groups is 1. The molecule has 1 amide bonds. The molecule has 18 heavy (non-hydrogen) atoms. The quantitative estimate of drug-likeness (QED) is 0.688. The van der Waals surface area contributed by atoms with Gasteiger partial charge >= 0.3 is 0 Å². The SMILES string of the molecule is CCCNCCNC(=O)COc1ccc(F)cc1. The monoisotopic (exact) mass is 254 g/mol. The number of benzene rings is 1. The molecule has 0 radical (unpaired) electrons. The number of amides is 1. The van der Waals surface area contributed by atoms with Gasteiger partial charge in [0.2, 0.25) is 0 Å². The standard InChI is InChI=1S/C13H19FN2O2/c1-2-7-15-8-9-16-13(17)10-18-12-5-3-11(14)4-6-12/h3-6,15H,2,7-10H2,1H3,(H,16,17). The third-order valence-electron chi connectivity index (χ3n) is 2.23. The molecular weight excluding hydrogens is 235 g/mol. The molecule has 0 saturated heterocycles. The zero-order valence-electron chi connectivity index (χ0n) is 10.5. The summed E-state index contributed by atoms with van der Waals surface area (Å²) < 4.78 is 17.8. The van der Waals surface area contributed by atoms with Crippen molar-refractivity contribution < 1.29 is 13.9 Å². The molecular formula is C13H19FN2O2. The summed E-state index contributed by atoms with van der Waals surface area (Å²) in [6.07, 6.45) is 1.07. The fourth-order valence-corrected chi connectivity index (χ4v) is 1.32. The lowest BCUT2D eigenvalue weighted by Crippen LogP contribution is -2.34. The first-order valence-electron chi connectivity index (χ1n) is 6.08. The van der Waals surface area contributed by atoms with Gasteiger partial charge in [0.1, 0.15) is 11.6 Å². The Kier molecular flexibility index (Phi) is 6.79. The Hall–Kier alpha value is -1.62. The highest BCUT2D eigenvalue weighted by Crippen LogP contribution is 2.10. The summed E-state index contributed by atoms with van der Waals surface area (Å²) in [6, 6.07) is 5.57. The second kappa shape index (κ2) is 8.47. The van der Waals surface area contributed by atoms with Gasteiger partial charge in [-0.3, -0.25) is 4.79 Å². The molecule has 0 aliphatic heterocycles. The number of carbonyl (C=O) groups excluding carboxylic acids is 1. The summed E-state index contributed by atoms with van der Waals surface area (Å²) >= 11 is 0. The first-order chi connectivity index (χ1) is 8.72. The first kappa shape index (κ1) is 14.4. The lowest BCUT2D eigenvalue weighted by Gasteiger charge is -2.07. The Bertz CT molecular complexity index is 355. The lowest BCUT2D eigenvalue weighted by molar-refractivity contribution is -0.123. The maximum absolute atomic E-state index is 12.6. The minimum Gasteiger partial charge on any atom is -0.484 e. The molecule has 5 heteroatoms. The molecule has 1 rings (SSSR count). The molecule has 1 aromatic carbocycles. The molecule has 0 unspecified atom stereocenters. The van der Waals surface area contributed by atoms with E-state index in [2.05, 4.69) is 17.6 Å². The van der Waals surface area contributed by atoms with Gasteiger partial charge in [-0.15, -0.1) is 0 Å². The molecule has 0 bridgehead atoms. The highest BCUT2D eigenvalue weighted by molar-refractivity contribution is 5.77. The van der Waals surface area contributed by atoms with E-state index in [9.17, 15) is 9.18 Å². The van der Waals surface area contributed by atoms with E-state index in [4.69, 9.17) is 4.74 Å². The fraction of sp³-hybridized carbons (Fsp3) is 0.462. The zero-order valence-corrected chi connectivity index (χ0v) is 10.5. The molecule has 0 aromatic heterocycles. The Labute approximate surface area is 107 Å². The molecule has 0 heterocycles. The van der Waals surface area contributed by atoms with E-state index in [0.717, 1.165) is 19.5 Å². The van der Waals surface area contributed by atoms with Gasteiger partial charge in [0.15, 0.2) is 6.61 Å². The van der Waals surface area contributed by atoms with Gasteiger partial charge in [-0.2, -0.15) is 0 Å². The summed E-state index contributed by atoms with van der Waals surface area (Å²) in [5.74, 6) is -0.0259. The van der Waals surface area contributed by atoms with E-state index < -0.39 is 0 Å². The molecule has 4 nitrogen and oxygen atoms in total. The number of ether oxygens (including phenoxy) is 1. The molecule has 0 aliphatic carbocycles. The highest BCUT2D eigenvalue weighted by atomic mass is 19.1. The predicted molar refractivity (Wildman–Crippen MR) is 68.1 cm³/mol. The largest absolute Gasteiger partial charge is 0.484 e. The van der Waals surface area contributed by atoms with Crippen LogP contribution in [-0.4, -0.2) is 32.1 Å². The third kappa shape index (κ3) is 6.20. The van der Waals surface area contributed by atoms with Crippen LogP contribution in [0, 0.1) is 5.82 Å². The van der Waals surface area contributed by atoms with E-state index in [0.29, 0.717) is 12.3 Å².